The lowest BCUT2D eigenvalue weighted by Crippen LogP contribution is -1.87. The van der Waals surface area contributed by atoms with Crippen molar-refractivity contribution < 1.29 is 0 Å². The van der Waals surface area contributed by atoms with Gasteiger partial charge in [-0.3, -0.25) is 4.98 Å². The summed E-state index contributed by atoms with van der Waals surface area (Å²) in [5.74, 6) is 0. The summed E-state index contributed by atoms with van der Waals surface area (Å²) in [6.07, 6.45) is 3.82. The van der Waals surface area contributed by atoms with Crippen molar-refractivity contribution in [3.63, 3.8) is 0 Å². The first-order chi connectivity index (χ1) is 11.7. The Morgan fingerprint density at radius 1 is 0.792 bits per heavy atom. The van der Waals surface area contributed by atoms with E-state index < -0.39 is 0 Å². The molecule has 0 aliphatic carbocycles. The van der Waals surface area contributed by atoms with E-state index in [-0.39, 0.29) is 0 Å². The Bertz CT molecular complexity index is 1040. The minimum absolute atomic E-state index is 1.17. The molecule has 0 aliphatic rings. The summed E-state index contributed by atoms with van der Waals surface area (Å²) < 4.78 is 1.24. The topological polar surface area (TPSA) is 12.9 Å². The molecular formula is C22H16IN. The quantitative estimate of drug-likeness (QED) is 0.338. The predicted molar refractivity (Wildman–Crippen MR) is 110 cm³/mol. The first-order valence-electron chi connectivity index (χ1n) is 7.91. The number of aromatic nitrogens is 1. The molecule has 4 aromatic rings. The van der Waals surface area contributed by atoms with Crippen LogP contribution in [0.2, 0.25) is 0 Å². The summed E-state index contributed by atoms with van der Waals surface area (Å²) in [6, 6.07) is 23.9. The first-order valence-corrected chi connectivity index (χ1v) is 8.99. The molecule has 2 heteroatoms. The SMILES string of the molecule is Cc1cccc(-c2cc(-c3cccc(I)c3)c3ccncc3c2)c1. The fourth-order valence-electron chi connectivity index (χ4n) is 3.10. The van der Waals surface area contributed by atoms with Gasteiger partial charge in [0.05, 0.1) is 0 Å². The lowest BCUT2D eigenvalue weighted by Gasteiger charge is -2.12. The number of rotatable bonds is 2. The van der Waals surface area contributed by atoms with Gasteiger partial charge in [0.25, 0.3) is 0 Å². The van der Waals surface area contributed by atoms with E-state index in [2.05, 4.69) is 101 Å². The van der Waals surface area contributed by atoms with E-state index in [0.29, 0.717) is 0 Å². The van der Waals surface area contributed by atoms with E-state index in [4.69, 9.17) is 0 Å². The highest BCUT2D eigenvalue weighted by atomic mass is 127. The van der Waals surface area contributed by atoms with Crippen molar-refractivity contribution in [2.45, 2.75) is 6.92 Å². The molecular weight excluding hydrogens is 405 g/mol. The fourth-order valence-corrected chi connectivity index (χ4v) is 3.64. The van der Waals surface area contributed by atoms with E-state index in [1.165, 1.54) is 42.2 Å². The largest absolute Gasteiger partial charge is 0.264 e. The van der Waals surface area contributed by atoms with Crippen molar-refractivity contribution in [2.75, 3.05) is 0 Å². The maximum Gasteiger partial charge on any atom is 0.0346 e. The molecule has 0 radical (unpaired) electrons. The minimum atomic E-state index is 1.17. The highest BCUT2D eigenvalue weighted by Crippen LogP contribution is 2.34. The Kier molecular flexibility index (Phi) is 4.07. The molecule has 3 aromatic carbocycles. The maximum atomic E-state index is 4.32. The van der Waals surface area contributed by atoms with Crippen LogP contribution in [0.3, 0.4) is 0 Å². The molecule has 0 bridgehead atoms. The Balaban J connectivity index is 2.01. The Morgan fingerprint density at radius 2 is 1.62 bits per heavy atom. The van der Waals surface area contributed by atoms with Crippen LogP contribution >= 0.6 is 22.6 Å². The number of nitrogens with zero attached hydrogens (tertiary/aromatic N) is 1. The van der Waals surface area contributed by atoms with Gasteiger partial charge in [-0.1, -0.05) is 42.0 Å². The third kappa shape index (κ3) is 2.94. The normalized spacial score (nSPS) is 10.9. The van der Waals surface area contributed by atoms with Gasteiger partial charge in [0.2, 0.25) is 0 Å². The van der Waals surface area contributed by atoms with Crippen LogP contribution in [-0.4, -0.2) is 4.98 Å². The Morgan fingerprint density at radius 3 is 2.46 bits per heavy atom. The van der Waals surface area contributed by atoms with E-state index in [0.717, 1.165) is 0 Å². The highest BCUT2D eigenvalue weighted by molar-refractivity contribution is 14.1. The van der Waals surface area contributed by atoms with Crippen LogP contribution in [0, 0.1) is 10.5 Å². The molecule has 0 fully saturated rings. The molecule has 0 saturated heterocycles. The number of halogens is 1. The van der Waals surface area contributed by atoms with Crippen molar-refractivity contribution >= 4 is 33.4 Å². The molecule has 0 N–H and O–H groups in total. The third-order valence-electron chi connectivity index (χ3n) is 4.24. The van der Waals surface area contributed by atoms with Crippen LogP contribution < -0.4 is 0 Å². The van der Waals surface area contributed by atoms with Gasteiger partial charge in [-0.05, 0) is 87.5 Å². The first kappa shape index (κ1) is 15.3. The zero-order valence-corrected chi connectivity index (χ0v) is 15.5. The summed E-state index contributed by atoms with van der Waals surface area (Å²) in [6.45, 7) is 2.13. The van der Waals surface area contributed by atoms with Gasteiger partial charge in [0.1, 0.15) is 0 Å². The lowest BCUT2D eigenvalue weighted by atomic mass is 9.93. The van der Waals surface area contributed by atoms with Gasteiger partial charge >= 0.3 is 0 Å². The fraction of sp³-hybridized carbons (Fsp3) is 0.0455. The van der Waals surface area contributed by atoms with E-state index >= 15 is 0 Å². The number of hydrogen-bond acceptors (Lipinski definition) is 1. The van der Waals surface area contributed by atoms with E-state index in [1.807, 2.05) is 12.4 Å². The second-order valence-corrected chi connectivity index (χ2v) is 7.25. The van der Waals surface area contributed by atoms with Gasteiger partial charge < -0.3 is 0 Å². The van der Waals surface area contributed by atoms with Gasteiger partial charge in [-0.25, -0.2) is 0 Å². The van der Waals surface area contributed by atoms with Gasteiger partial charge in [-0.15, -0.1) is 0 Å². The summed E-state index contributed by atoms with van der Waals surface area (Å²) in [5.41, 5.74) is 6.24. The van der Waals surface area contributed by atoms with Crippen molar-refractivity contribution in [3.05, 3.63) is 88.3 Å². The smallest absolute Gasteiger partial charge is 0.0346 e. The summed E-state index contributed by atoms with van der Waals surface area (Å²) >= 11 is 2.37. The van der Waals surface area contributed by atoms with Crippen LogP contribution in [0.5, 0.6) is 0 Å². The molecule has 1 aromatic heterocycles. The predicted octanol–water partition coefficient (Wildman–Crippen LogP) is 6.48. The van der Waals surface area contributed by atoms with Gasteiger partial charge in [0, 0.05) is 21.4 Å². The number of hydrogen-bond donors (Lipinski definition) is 0. The van der Waals surface area contributed by atoms with Gasteiger partial charge in [-0.2, -0.15) is 0 Å². The number of benzene rings is 3. The van der Waals surface area contributed by atoms with Crippen LogP contribution in [0.15, 0.2) is 79.1 Å². The molecule has 0 spiro atoms. The summed E-state index contributed by atoms with van der Waals surface area (Å²) in [4.78, 5) is 4.32. The van der Waals surface area contributed by atoms with Crippen molar-refractivity contribution in [1.82, 2.24) is 4.98 Å². The lowest BCUT2D eigenvalue weighted by molar-refractivity contribution is 1.36. The molecule has 1 nitrogen and oxygen atoms in total. The zero-order valence-electron chi connectivity index (χ0n) is 13.3. The molecule has 0 saturated carbocycles. The van der Waals surface area contributed by atoms with Crippen LogP contribution in [0.25, 0.3) is 33.0 Å². The molecule has 0 amide bonds. The van der Waals surface area contributed by atoms with Gasteiger partial charge in [0.15, 0.2) is 0 Å². The average molecular weight is 421 g/mol. The molecule has 1 heterocycles. The minimum Gasteiger partial charge on any atom is -0.264 e. The van der Waals surface area contributed by atoms with E-state index in [9.17, 15) is 0 Å². The molecule has 24 heavy (non-hydrogen) atoms. The van der Waals surface area contributed by atoms with Crippen molar-refractivity contribution in [2.24, 2.45) is 0 Å². The van der Waals surface area contributed by atoms with Crippen LogP contribution in [0.1, 0.15) is 5.56 Å². The second-order valence-electron chi connectivity index (χ2n) is 6.00. The molecule has 4 rings (SSSR count). The third-order valence-corrected chi connectivity index (χ3v) is 4.91. The summed E-state index contributed by atoms with van der Waals surface area (Å²) in [5, 5.41) is 2.41. The van der Waals surface area contributed by atoms with Crippen LogP contribution in [0.4, 0.5) is 0 Å². The number of pyridine rings is 1. The monoisotopic (exact) mass is 421 g/mol. The highest BCUT2D eigenvalue weighted by Gasteiger charge is 2.08. The van der Waals surface area contributed by atoms with E-state index in [1.54, 1.807) is 0 Å². The molecule has 0 unspecified atom stereocenters. The van der Waals surface area contributed by atoms with Crippen LogP contribution in [-0.2, 0) is 0 Å². The number of aryl methyl sites for hydroxylation is 1. The second kappa shape index (κ2) is 6.36. The molecule has 116 valence electrons. The number of fused-ring (bicyclic) bond motifs is 1. The summed E-state index contributed by atoms with van der Waals surface area (Å²) in [7, 11) is 0. The Labute approximate surface area is 155 Å². The Hall–Kier alpha value is -2.20. The molecule has 0 aliphatic heterocycles. The van der Waals surface area contributed by atoms with Crippen molar-refractivity contribution in [3.8, 4) is 22.3 Å². The van der Waals surface area contributed by atoms with Crippen molar-refractivity contribution in [1.29, 1.82) is 0 Å². The molecule has 0 atom stereocenters. The average Bonchev–Trinajstić information content (AvgIpc) is 2.61. The zero-order chi connectivity index (χ0) is 16.5. The maximum absolute atomic E-state index is 4.32. The standard InChI is InChI=1S/C22H16IN/c1-15-4-2-5-16(10-15)18-11-19-14-24-9-8-21(19)22(13-18)17-6-3-7-20(23)12-17/h2-14H,1H3.